The van der Waals surface area contributed by atoms with Crippen molar-refractivity contribution in [2.24, 2.45) is 5.92 Å². The fourth-order valence-corrected chi connectivity index (χ4v) is 3.59. The van der Waals surface area contributed by atoms with Gasteiger partial charge in [0.15, 0.2) is 0 Å². The van der Waals surface area contributed by atoms with Crippen LogP contribution in [0.2, 0.25) is 0 Å². The van der Waals surface area contributed by atoms with Gasteiger partial charge >= 0.3 is 0 Å². The zero-order valence-corrected chi connectivity index (χ0v) is 14.7. The Morgan fingerprint density at radius 3 is 2.92 bits per heavy atom. The van der Waals surface area contributed by atoms with Crippen LogP contribution in [0.1, 0.15) is 28.9 Å². The average Bonchev–Trinajstić information content (AvgIpc) is 3.20. The second-order valence-electron chi connectivity index (χ2n) is 6.88. The number of fused-ring (bicyclic) bond motifs is 1. The summed E-state index contributed by atoms with van der Waals surface area (Å²) in [6, 6.07) is 9.51. The lowest BCUT2D eigenvalue weighted by Crippen LogP contribution is -2.38. The van der Waals surface area contributed by atoms with Gasteiger partial charge in [-0.25, -0.2) is 4.98 Å². The van der Waals surface area contributed by atoms with Gasteiger partial charge in [0.25, 0.3) is 5.91 Å². The number of hydrogen-bond donors (Lipinski definition) is 2. The monoisotopic (exact) mass is 349 g/mol. The number of nitrogens with zero attached hydrogens (tertiary/aromatic N) is 3. The van der Waals surface area contributed by atoms with E-state index < -0.39 is 0 Å². The number of rotatable bonds is 5. The minimum atomic E-state index is -0.0107. The number of hydrogen-bond acceptors (Lipinski definition) is 4. The molecule has 1 amide bonds. The molecule has 4 rings (SSSR count). The lowest BCUT2D eigenvalue weighted by Gasteiger charge is -2.31. The van der Waals surface area contributed by atoms with Crippen LogP contribution in [0.25, 0.3) is 10.9 Å². The van der Waals surface area contributed by atoms with Gasteiger partial charge in [-0.05, 0) is 50.0 Å². The van der Waals surface area contributed by atoms with Gasteiger partial charge in [0, 0.05) is 42.1 Å². The number of aromatic nitrogens is 3. The maximum absolute atomic E-state index is 12.6. The van der Waals surface area contributed by atoms with Crippen LogP contribution in [0.3, 0.4) is 0 Å². The fraction of sp³-hybridized carbons (Fsp3) is 0.350. The fourth-order valence-electron chi connectivity index (χ4n) is 3.59. The van der Waals surface area contributed by atoms with Crippen LogP contribution >= 0.6 is 0 Å². The highest BCUT2D eigenvalue weighted by Gasteiger charge is 2.20. The maximum Gasteiger partial charge on any atom is 0.251 e. The second kappa shape index (κ2) is 7.66. The molecule has 26 heavy (non-hydrogen) atoms. The molecule has 1 saturated heterocycles. The zero-order chi connectivity index (χ0) is 17.8. The molecule has 2 N–H and O–H groups in total. The number of carbonyl (C=O) groups excluding carboxylic acids is 1. The van der Waals surface area contributed by atoms with Crippen LogP contribution in [0.15, 0.2) is 49.1 Å². The van der Waals surface area contributed by atoms with Gasteiger partial charge in [0.05, 0.1) is 11.8 Å². The first-order valence-corrected chi connectivity index (χ1v) is 9.11. The molecular formula is C20H23N5O. The number of pyridine rings is 1. The number of imidazole rings is 1. The molecule has 1 aliphatic rings. The molecule has 3 aromatic rings. The summed E-state index contributed by atoms with van der Waals surface area (Å²) in [5.41, 5.74) is 2.71. The van der Waals surface area contributed by atoms with E-state index in [2.05, 4.69) is 25.2 Å². The molecule has 2 aromatic heterocycles. The lowest BCUT2D eigenvalue weighted by molar-refractivity contribution is 0.0936. The van der Waals surface area contributed by atoms with E-state index in [1.807, 2.05) is 36.5 Å². The molecule has 0 unspecified atom stereocenters. The van der Waals surface area contributed by atoms with Crippen LogP contribution in [-0.2, 0) is 6.54 Å². The predicted octanol–water partition coefficient (Wildman–Crippen LogP) is 2.60. The number of amides is 1. The van der Waals surface area contributed by atoms with Crippen molar-refractivity contribution < 1.29 is 4.79 Å². The van der Waals surface area contributed by atoms with Crippen LogP contribution in [0.5, 0.6) is 0 Å². The normalized spacial score (nSPS) is 16.0. The third-order valence-corrected chi connectivity index (χ3v) is 5.10. The molecule has 0 aliphatic carbocycles. The lowest BCUT2D eigenvalue weighted by atomic mass is 9.96. The number of benzene rings is 1. The van der Waals surface area contributed by atoms with Crippen molar-refractivity contribution in [2.75, 3.05) is 19.6 Å². The van der Waals surface area contributed by atoms with Gasteiger partial charge < -0.3 is 10.3 Å². The summed E-state index contributed by atoms with van der Waals surface area (Å²) < 4.78 is 0. The Morgan fingerprint density at radius 1 is 1.23 bits per heavy atom. The number of aromatic amines is 1. The summed E-state index contributed by atoms with van der Waals surface area (Å²) in [7, 11) is 0. The molecule has 1 aliphatic heterocycles. The first-order chi connectivity index (χ1) is 12.8. The van der Waals surface area contributed by atoms with Gasteiger partial charge in [0.2, 0.25) is 0 Å². The highest BCUT2D eigenvalue weighted by Crippen LogP contribution is 2.19. The van der Waals surface area contributed by atoms with E-state index in [0.29, 0.717) is 11.5 Å². The van der Waals surface area contributed by atoms with E-state index >= 15 is 0 Å². The first kappa shape index (κ1) is 16.7. The molecule has 6 heteroatoms. The molecular weight excluding hydrogens is 326 g/mol. The molecule has 1 aromatic carbocycles. The first-order valence-electron chi connectivity index (χ1n) is 9.11. The molecule has 0 spiro atoms. The van der Waals surface area contributed by atoms with Crippen molar-refractivity contribution in [1.82, 2.24) is 25.2 Å². The second-order valence-corrected chi connectivity index (χ2v) is 6.88. The Kier molecular flexibility index (Phi) is 4.93. The smallest absolute Gasteiger partial charge is 0.251 e. The van der Waals surface area contributed by atoms with Crippen LogP contribution in [0, 0.1) is 5.92 Å². The molecule has 0 radical (unpaired) electrons. The minimum absolute atomic E-state index is 0.0107. The molecule has 134 valence electrons. The highest BCUT2D eigenvalue weighted by molar-refractivity contribution is 6.06. The Balaban J connectivity index is 1.30. The molecule has 0 saturated carbocycles. The van der Waals surface area contributed by atoms with Crippen molar-refractivity contribution in [3.8, 4) is 0 Å². The number of piperidine rings is 1. The van der Waals surface area contributed by atoms with E-state index in [-0.39, 0.29) is 5.91 Å². The number of H-pyrrole nitrogens is 1. The van der Waals surface area contributed by atoms with Crippen molar-refractivity contribution in [3.05, 3.63) is 60.3 Å². The van der Waals surface area contributed by atoms with Crippen molar-refractivity contribution in [3.63, 3.8) is 0 Å². The summed E-state index contributed by atoms with van der Waals surface area (Å²) in [6.07, 6.45) is 7.56. The van der Waals surface area contributed by atoms with E-state index in [0.717, 1.165) is 55.6 Å². The standard InChI is InChI=1S/C20H23N5O/c26-20(18-3-1-5-19-17(18)4-2-8-22-19)23-11-15-6-9-25(10-7-15)13-16-12-21-14-24-16/h1-5,8,12,14-15H,6-7,9-11,13H2,(H,21,24)(H,23,26). The molecule has 0 bridgehead atoms. The summed E-state index contributed by atoms with van der Waals surface area (Å²) in [6.45, 7) is 3.75. The van der Waals surface area contributed by atoms with E-state index in [1.165, 1.54) is 0 Å². The van der Waals surface area contributed by atoms with Gasteiger partial charge in [-0.1, -0.05) is 12.1 Å². The average molecular weight is 349 g/mol. The highest BCUT2D eigenvalue weighted by atomic mass is 16.1. The third-order valence-electron chi connectivity index (χ3n) is 5.10. The van der Waals surface area contributed by atoms with Gasteiger partial charge in [0.1, 0.15) is 0 Å². The van der Waals surface area contributed by atoms with Crippen molar-refractivity contribution in [1.29, 1.82) is 0 Å². The number of likely N-dealkylation sites (tertiary alicyclic amines) is 1. The minimum Gasteiger partial charge on any atom is -0.352 e. The van der Waals surface area contributed by atoms with Crippen molar-refractivity contribution >= 4 is 16.8 Å². The third kappa shape index (κ3) is 3.75. The summed E-state index contributed by atoms with van der Waals surface area (Å²) in [5, 5.41) is 4.02. The Bertz CT molecular complexity index is 864. The maximum atomic E-state index is 12.6. The van der Waals surface area contributed by atoms with E-state index in [4.69, 9.17) is 0 Å². The van der Waals surface area contributed by atoms with Crippen LogP contribution in [-0.4, -0.2) is 45.4 Å². The summed E-state index contributed by atoms with van der Waals surface area (Å²) >= 11 is 0. The topological polar surface area (TPSA) is 73.9 Å². The molecule has 1 fully saturated rings. The summed E-state index contributed by atoms with van der Waals surface area (Å²) in [5.74, 6) is 0.522. The van der Waals surface area contributed by atoms with E-state index in [1.54, 1.807) is 12.5 Å². The Labute approximate surface area is 152 Å². The van der Waals surface area contributed by atoms with Crippen LogP contribution in [0.4, 0.5) is 0 Å². The van der Waals surface area contributed by atoms with Gasteiger partial charge in [-0.15, -0.1) is 0 Å². The van der Waals surface area contributed by atoms with Gasteiger partial charge in [-0.3, -0.25) is 14.7 Å². The summed E-state index contributed by atoms with van der Waals surface area (Å²) in [4.78, 5) is 26.6. The molecule has 6 nitrogen and oxygen atoms in total. The predicted molar refractivity (Wildman–Crippen MR) is 101 cm³/mol. The number of nitrogens with one attached hydrogen (secondary N) is 2. The van der Waals surface area contributed by atoms with Crippen molar-refractivity contribution in [2.45, 2.75) is 19.4 Å². The molecule has 3 heterocycles. The molecule has 0 atom stereocenters. The Morgan fingerprint density at radius 2 is 2.12 bits per heavy atom. The quantitative estimate of drug-likeness (QED) is 0.742. The van der Waals surface area contributed by atoms with E-state index in [9.17, 15) is 4.79 Å². The largest absolute Gasteiger partial charge is 0.352 e. The van der Waals surface area contributed by atoms with Crippen LogP contribution < -0.4 is 5.32 Å². The zero-order valence-electron chi connectivity index (χ0n) is 14.7. The van der Waals surface area contributed by atoms with Gasteiger partial charge in [-0.2, -0.15) is 0 Å². The Hall–Kier alpha value is -2.73. The number of carbonyl (C=O) groups is 1. The SMILES string of the molecule is O=C(NCC1CCN(Cc2cnc[nH]2)CC1)c1cccc2ncccc12.